The summed E-state index contributed by atoms with van der Waals surface area (Å²) >= 11 is 1.35. The maximum absolute atomic E-state index is 14.3. The minimum Gasteiger partial charge on any atom is -0.497 e. The molecule has 53 heavy (non-hydrogen) atoms. The summed E-state index contributed by atoms with van der Waals surface area (Å²) in [5, 5.41) is 5.44. The third-order valence-corrected chi connectivity index (χ3v) is 11.7. The summed E-state index contributed by atoms with van der Waals surface area (Å²) in [7, 11) is 1.59. The van der Waals surface area contributed by atoms with Crippen molar-refractivity contribution in [2.45, 2.75) is 101 Å². The first kappa shape index (κ1) is 35.8. The quantitative estimate of drug-likeness (QED) is 0.182. The van der Waals surface area contributed by atoms with Crippen molar-refractivity contribution in [2.24, 2.45) is 0 Å². The van der Waals surface area contributed by atoms with Crippen LogP contribution in [0.3, 0.4) is 0 Å². The van der Waals surface area contributed by atoms with Gasteiger partial charge in [0.25, 0.3) is 11.8 Å². The van der Waals surface area contributed by atoms with Gasteiger partial charge in [0.05, 0.1) is 49.0 Å². The van der Waals surface area contributed by atoms with Crippen molar-refractivity contribution in [1.29, 1.82) is 0 Å². The number of nitrogens with zero attached hydrogens (tertiary/aromatic N) is 4. The zero-order valence-corrected chi connectivity index (χ0v) is 31.0. The van der Waals surface area contributed by atoms with Gasteiger partial charge in [-0.1, -0.05) is 39.2 Å². The number of carbonyl (C=O) groups excluding carboxylic acids is 2. The summed E-state index contributed by atoms with van der Waals surface area (Å²) in [5.41, 5.74) is 5.93. The molecule has 2 amide bonds. The second kappa shape index (κ2) is 14.2. The van der Waals surface area contributed by atoms with Crippen LogP contribution >= 0.6 is 11.9 Å². The summed E-state index contributed by atoms with van der Waals surface area (Å²) in [6, 6.07) is 11.6. The van der Waals surface area contributed by atoms with Crippen molar-refractivity contribution < 1.29 is 32.2 Å². The molecule has 0 spiro atoms. The number of fused-ring (bicyclic) bond motifs is 7. The Balaban J connectivity index is 1.34. The predicted octanol–water partition coefficient (Wildman–Crippen LogP) is 8.47. The smallest absolute Gasteiger partial charge is 0.408 e. The molecular formula is C40H44F3N5O4S. The number of rotatable bonds is 8. The number of amides is 2. The third kappa shape index (κ3) is 6.98. The molecule has 280 valence electrons. The highest BCUT2D eigenvalue weighted by atomic mass is 32.2. The zero-order valence-electron chi connectivity index (χ0n) is 30.2. The fraction of sp³-hybridized carbons (Fsp3) is 0.475. The van der Waals surface area contributed by atoms with Crippen molar-refractivity contribution >= 4 is 46.3 Å². The summed E-state index contributed by atoms with van der Waals surface area (Å²) < 4.78 is 60.3. The van der Waals surface area contributed by atoms with Crippen molar-refractivity contribution in [3.05, 3.63) is 70.5 Å². The first-order valence-corrected chi connectivity index (χ1v) is 19.4. The number of likely N-dealkylation sites (tertiary alicyclic amines) is 1. The van der Waals surface area contributed by atoms with Crippen LogP contribution < -0.4 is 9.46 Å². The van der Waals surface area contributed by atoms with Crippen LogP contribution in [-0.2, 0) is 17.8 Å². The summed E-state index contributed by atoms with van der Waals surface area (Å²) in [4.78, 5) is 29.5. The van der Waals surface area contributed by atoms with E-state index in [0.717, 1.165) is 70.9 Å². The lowest BCUT2D eigenvalue weighted by Crippen LogP contribution is -2.46. The number of halogens is 3. The SMILES string of the molecule is COc1ccc2c(c1)C=C(c1c(C(=O)N3CC4CCC(C3)O4)cnn1CC(F)(F)F)Cn1c-2c(C2CCCCC2)c2ccc(C(=O)NSC(C)C)cc21. The maximum Gasteiger partial charge on any atom is 0.408 e. The average molecular weight is 748 g/mol. The van der Waals surface area contributed by atoms with E-state index in [-0.39, 0.29) is 53.0 Å². The van der Waals surface area contributed by atoms with Crippen molar-refractivity contribution in [3.63, 3.8) is 0 Å². The zero-order chi connectivity index (χ0) is 37.0. The second-order valence-corrected chi connectivity index (χ2v) is 16.4. The number of aromatic nitrogens is 3. The van der Waals surface area contributed by atoms with E-state index in [9.17, 15) is 22.8 Å². The average Bonchev–Trinajstić information content (AvgIpc) is 3.77. The highest BCUT2D eigenvalue weighted by Crippen LogP contribution is 2.48. The lowest BCUT2D eigenvalue weighted by Gasteiger charge is -2.32. The number of benzene rings is 2. The van der Waals surface area contributed by atoms with E-state index in [2.05, 4.69) is 14.4 Å². The van der Waals surface area contributed by atoms with E-state index in [4.69, 9.17) is 9.47 Å². The molecule has 4 aliphatic rings. The topological polar surface area (TPSA) is 90.6 Å². The molecule has 2 atom stereocenters. The molecule has 0 radical (unpaired) electrons. The van der Waals surface area contributed by atoms with Crippen LogP contribution in [0.5, 0.6) is 5.75 Å². The van der Waals surface area contributed by atoms with Gasteiger partial charge in [-0.3, -0.25) is 19.0 Å². The van der Waals surface area contributed by atoms with Crippen LogP contribution in [0.25, 0.3) is 33.8 Å². The van der Waals surface area contributed by atoms with E-state index in [1.807, 2.05) is 56.3 Å². The molecule has 8 rings (SSSR count). The number of methoxy groups -OCH3 is 1. The molecule has 3 fully saturated rings. The Morgan fingerprint density at radius 3 is 2.47 bits per heavy atom. The lowest BCUT2D eigenvalue weighted by atomic mass is 9.81. The van der Waals surface area contributed by atoms with E-state index >= 15 is 0 Å². The van der Waals surface area contributed by atoms with Gasteiger partial charge in [-0.25, -0.2) is 0 Å². The number of ether oxygens (including phenoxy) is 2. The maximum atomic E-state index is 14.3. The van der Waals surface area contributed by atoms with Gasteiger partial charge in [0.1, 0.15) is 12.3 Å². The Labute approximate surface area is 311 Å². The minimum atomic E-state index is -4.58. The number of morpholine rings is 1. The molecule has 2 bridgehead atoms. The Morgan fingerprint density at radius 2 is 1.77 bits per heavy atom. The summed E-state index contributed by atoms with van der Waals surface area (Å²) in [6.07, 6.45) is 5.54. The van der Waals surface area contributed by atoms with Crippen LogP contribution in [-0.4, -0.2) is 74.9 Å². The van der Waals surface area contributed by atoms with Crippen molar-refractivity contribution in [3.8, 4) is 17.0 Å². The normalized spacial score (nSPS) is 20.3. The van der Waals surface area contributed by atoms with Crippen LogP contribution in [0.4, 0.5) is 13.2 Å². The van der Waals surface area contributed by atoms with E-state index < -0.39 is 12.7 Å². The largest absolute Gasteiger partial charge is 0.497 e. The van der Waals surface area contributed by atoms with Gasteiger partial charge in [-0.2, -0.15) is 18.3 Å². The molecule has 2 aromatic carbocycles. The standard InChI is InChI=1S/C40H44F3N5O4S/c1-23(2)53-45-38(49)25-9-13-32-34(17-25)47-19-27(15-26-16-28(51-3)12-14-31(26)37(47)35(32)24-7-5-4-6-8-24)36-33(18-44-48(36)22-40(41,42)43)39(50)46-20-29-10-11-30(21-46)52-29/h9,12-18,23-24,29-30H,4-8,10-11,19-22H2,1-3H3,(H,45,49). The summed E-state index contributed by atoms with van der Waals surface area (Å²) in [5.74, 6) is 0.297. The van der Waals surface area contributed by atoms with Gasteiger partial charge in [0, 0.05) is 40.4 Å². The molecule has 1 N–H and O–H groups in total. The van der Waals surface area contributed by atoms with E-state index in [0.29, 0.717) is 30.0 Å². The van der Waals surface area contributed by atoms with Crippen molar-refractivity contribution in [2.75, 3.05) is 20.2 Å². The number of hydrogen-bond donors (Lipinski definition) is 1. The first-order valence-electron chi connectivity index (χ1n) is 18.6. The number of carbonyl (C=O) groups is 2. The fourth-order valence-corrected chi connectivity index (χ4v) is 9.14. The monoisotopic (exact) mass is 747 g/mol. The lowest BCUT2D eigenvalue weighted by molar-refractivity contribution is -0.142. The molecule has 13 heteroatoms. The number of hydrogen-bond acceptors (Lipinski definition) is 6. The molecule has 2 saturated heterocycles. The number of nitrogens with one attached hydrogen (secondary N) is 1. The molecule has 1 aliphatic carbocycles. The Kier molecular flexibility index (Phi) is 9.59. The molecular weight excluding hydrogens is 704 g/mol. The fourth-order valence-electron chi connectivity index (χ4n) is 8.68. The van der Waals surface area contributed by atoms with E-state index in [1.165, 1.54) is 30.1 Å². The van der Waals surface area contributed by atoms with Gasteiger partial charge in [-0.05, 0) is 96.7 Å². The molecule has 5 heterocycles. The summed E-state index contributed by atoms with van der Waals surface area (Å²) in [6.45, 7) is 3.58. The molecule has 1 saturated carbocycles. The second-order valence-electron chi connectivity index (χ2n) is 15.0. The minimum absolute atomic E-state index is 0.0832. The van der Waals surface area contributed by atoms with Crippen LogP contribution in [0.1, 0.15) is 102 Å². The molecule has 2 aromatic heterocycles. The molecule has 9 nitrogen and oxygen atoms in total. The third-order valence-electron chi connectivity index (χ3n) is 11.0. The first-order chi connectivity index (χ1) is 25.5. The van der Waals surface area contributed by atoms with Gasteiger partial charge in [0.15, 0.2) is 0 Å². The Bertz CT molecular complexity index is 2090. The van der Waals surface area contributed by atoms with Crippen LogP contribution in [0, 0.1) is 0 Å². The van der Waals surface area contributed by atoms with Crippen LogP contribution in [0.15, 0.2) is 42.6 Å². The van der Waals surface area contributed by atoms with E-state index in [1.54, 1.807) is 12.0 Å². The Hall–Kier alpha value is -4.23. The molecule has 3 aliphatic heterocycles. The highest BCUT2D eigenvalue weighted by molar-refractivity contribution is 7.98. The molecule has 4 aromatic rings. The van der Waals surface area contributed by atoms with Gasteiger partial charge < -0.3 is 18.9 Å². The van der Waals surface area contributed by atoms with Gasteiger partial charge in [-0.15, -0.1) is 0 Å². The highest BCUT2D eigenvalue weighted by Gasteiger charge is 2.39. The number of alkyl halides is 3. The van der Waals surface area contributed by atoms with Gasteiger partial charge in [0.2, 0.25) is 0 Å². The molecule has 2 unspecified atom stereocenters. The predicted molar refractivity (Wildman–Crippen MR) is 200 cm³/mol. The number of allylic oxidation sites excluding steroid dienone is 1. The van der Waals surface area contributed by atoms with Crippen LogP contribution in [0.2, 0.25) is 0 Å². The van der Waals surface area contributed by atoms with Crippen molar-refractivity contribution in [1.82, 2.24) is 24.0 Å². The Morgan fingerprint density at radius 1 is 1.02 bits per heavy atom. The van der Waals surface area contributed by atoms with Gasteiger partial charge >= 0.3 is 6.18 Å².